The third kappa shape index (κ3) is 7.66. The summed E-state index contributed by atoms with van der Waals surface area (Å²) in [4.78, 5) is 0. The highest BCUT2D eigenvalue weighted by Gasteiger charge is 2.46. The predicted molar refractivity (Wildman–Crippen MR) is 83.6 cm³/mol. The molecule has 1 atom stereocenters. The molecule has 0 aromatic rings. The van der Waals surface area contributed by atoms with Crippen molar-refractivity contribution < 1.29 is 13.3 Å². The second-order valence-corrected chi connectivity index (χ2v) is 8.97. The highest BCUT2D eigenvalue weighted by Crippen LogP contribution is 2.23. The number of alkyl halides is 1. The number of hydrogen-bond acceptors (Lipinski definition) is 3. The molecule has 0 aliphatic carbocycles. The number of halogens is 1. The molecule has 0 N–H and O–H groups in total. The van der Waals surface area contributed by atoms with Gasteiger partial charge in [0.05, 0.1) is 0 Å². The minimum absolute atomic E-state index is 0.146. The highest BCUT2D eigenvalue weighted by molar-refractivity contribution is 6.71. The van der Waals surface area contributed by atoms with Crippen LogP contribution in [0.2, 0.25) is 0 Å². The van der Waals surface area contributed by atoms with Crippen LogP contribution in [0.4, 0.5) is 0 Å². The zero-order chi connectivity index (χ0) is 14.6. The molecular formula is C14H31ClO3Si. The average Bonchev–Trinajstić information content (AvgIpc) is 2.44. The van der Waals surface area contributed by atoms with Crippen LogP contribution >= 0.6 is 11.6 Å². The fourth-order valence-electron chi connectivity index (χ4n) is 2.27. The molecule has 0 spiro atoms. The van der Waals surface area contributed by atoms with Gasteiger partial charge in [0.1, 0.15) is 5.00 Å². The normalized spacial score (nSPS) is 13.7. The van der Waals surface area contributed by atoms with Crippen molar-refractivity contribution in [2.45, 2.75) is 69.7 Å². The van der Waals surface area contributed by atoms with Crippen LogP contribution in [0.15, 0.2) is 0 Å². The van der Waals surface area contributed by atoms with Crippen molar-refractivity contribution >= 4 is 20.4 Å². The third-order valence-electron chi connectivity index (χ3n) is 3.55. The summed E-state index contributed by atoms with van der Waals surface area (Å²) in [5, 5.41) is -0.146. The van der Waals surface area contributed by atoms with Gasteiger partial charge in [0, 0.05) is 21.3 Å². The first-order chi connectivity index (χ1) is 9.16. The number of hydrogen-bond donors (Lipinski definition) is 0. The van der Waals surface area contributed by atoms with Gasteiger partial charge in [0.25, 0.3) is 0 Å². The molecule has 0 saturated carbocycles. The van der Waals surface area contributed by atoms with Gasteiger partial charge in [-0.25, -0.2) is 0 Å². The Hall–Kier alpha value is 0.387. The summed E-state index contributed by atoms with van der Waals surface area (Å²) >= 11 is 6.37. The summed E-state index contributed by atoms with van der Waals surface area (Å²) in [7, 11) is 2.20. The molecule has 116 valence electrons. The van der Waals surface area contributed by atoms with Gasteiger partial charge in [0.2, 0.25) is 0 Å². The molecule has 3 nitrogen and oxygen atoms in total. The van der Waals surface area contributed by atoms with Gasteiger partial charge in [-0.3, -0.25) is 0 Å². The smallest absolute Gasteiger partial charge is 0.376 e. The van der Waals surface area contributed by atoms with E-state index in [2.05, 4.69) is 6.92 Å². The second-order valence-electron chi connectivity index (χ2n) is 4.95. The lowest BCUT2D eigenvalue weighted by atomic mass is 10.1. The van der Waals surface area contributed by atoms with Crippen LogP contribution in [0.3, 0.4) is 0 Å². The van der Waals surface area contributed by atoms with Gasteiger partial charge in [-0.2, -0.15) is 0 Å². The SMILES string of the molecule is CCCCCCCCCCC(Cl)[Si](OC)(OC)OC. The molecule has 5 heteroatoms. The molecular weight excluding hydrogens is 280 g/mol. The van der Waals surface area contributed by atoms with Crippen molar-refractivity contribution in [2.24, 2.45) is 0 Å². The van der Waals surface area contributed by atoms with Crippen molar-refractivity contribution in [2.75, 3.05) is 21.3 Å². The Kier molecular flexibility index (Phi) is 12.4. The van der Waals surface area contributed by atoms with Crippen molar-refractivity contribution in [3.8, 4) is 0 Å². The fourth-order valence-corrected chi connectivity index (χ4v) is 5.05. The Morgan fingerprint density at radius 2 is 1.21 bits per heavy atom. The van der Waals surface area contributed by atoms with Crippen LogP contribution in [0, 0.1) is 0 Å². The Bertz CT molecular complexity index is 193. The van der Waals surface area contributed by atoms with Crippen LogP contribution in [0.1, 0.15) is 64.7 Å². The molecule has 0 aromatic carbocycles. The lowest BCUT2D eigenvalue weighted by Gasteiger charge is -2.28. The lowest BCUT2D eigenvalue weighted by Crippen LogP contribution is -2.51. The van der Waals surface area contributed by atoms with Crippen molar-refractivity contribution in [1.82, 2.24) is 0 Å². The fraction of sp³-hybridized carbons (Fsp3) is 1.00. The molecule has 19 heavy (non-hydrogen) atoms. The summed E-state index contributed by atoms with van der Waals surface area (Å²) in [6.45, 7) is 2.25. The van der Waals surface area contributed by atoms with E-state index >= 15 is 0 Å². The van der Waals surface area contributed by atoms with E-state index in [4.69, 9.17) is 24.9 Å². The largest absolute Gasteiger partial charge is 0.518 e. The third-order valence-corrected chi connectivity index (χ3v) is 7.33. The first-order valence-electron chi connectivity index (χ1n) is 7.46. The van der Waals surface area contributed by atoms with Crippen LogP contribution in [0.5, 0.6) is 0 Å². The molecule has 0 rings (SSSR count). The molecule has 1 unspecified atom stereocenters. The van der Waals surface area contributed by atoms with E-state index in [9.17, 15) is 0 Å². The van der Waals surface area contributed by atoms with Gasteiger partial charge >= 0.3 is 8.80 Å². The van der Waals surface area contributed by atoms with Gasteiger partial charge in [-0.1, -0.05) is 58.3 Å². The summed E-state index contributed by atoms with van der Waals surface area (Å²) in [6, 6.07) is 0. The monoisotopic (exact) mass is 310 g/mol. The zero-order valence-corrected chi connectivity index (χ0v) is 14.8. The van der Waals surface area contributed by atoms with E-state index in [1.807, 2.05) is 0 Å². The van der Waals surface area contributed by atoms with Gasteiger partial charge < -0.3 is 13.3 Å². The van der Waals surface area contributed by atoms with E-state index < -0.39 is 8.80 Å². The Morgan fingerprint density at radius 3 is 1.63 bits per heavy atom. The standard InChI is InChI=1S/C14H31ClO3Si/c1-5-6-7-8-9-10-11-12-13-14(15)19(16-2,17-3)18-4/h14H,5-13H2,1-4H3. The molecule has 0 radical (unpaired) electrons. The predicted octanol–water partition coefficient (Wildman–Crippen LogP) is 4.54. The van der Waals surface area contributed by atoms with Crippen LogP contribution in [-0.4, -0.2) is 35.1 Å². The van der Waals surface area contributed by atoms with E-state index in [0.29, 0.717) is 0 Å². The first kappa shape index (κ1) is 19.4. The maximum Gasteiger partial charge on any atom is 0.518 e. The van der Waals surface area contributed by atoms with E-state index in [-0.39, 0.29) is 5.00 Å². The van der Waals surface area contributed by atoms with Gasteiger partial charge in [-0.15, -0.1) is 11.6 Å². The Balaban J connectivity index is 3.64. The number of unbranched alkanes of at least 4 members (excludes halogenated alkanes) is 7. The minimum atomic E-state index is -2.64. The van der Waals surface area contributed by atoms with Crippen LogP contribution in [0.25, 0.3) is 0 Å². The van der Waals surface area contributed by atoms with Crippen molar-refractivity contribution in [1.29, 1.82) is 0 Å². The van der Waals surface area contributed by atoms with Crippen LogP contribution < -0.4 is 0 Å². The van der Waals surface area contributed by atoms with Crippen LogP contribution in [-0.2, 0) is 13.3 Å². The van der Waals surface area contributed by atoms with Crippen molar-refractivity contribution in [3.63, 3.8) is 0 Å². The van der Waals surface area contributed by atoms with E-state index in [1.165, 1.54) is 44.9 Å². The van der Waals surface area contributed by atoms with Gasteiger partial charge in [-0.05, 0) is 6.42 Å². The molecule has 0 aliphatic rings. The molecule has 0 bridgehead atoms. The summed E-state index contributed by atoms with van der Waals surface area (Å²) in [5.41, 5.74) is 0. The molecule has 0 fully saturated rings. The summed E-state index contributed by atoms with van der Waals surface area (Å²) in [5.74, 6) is 0. The topological polar surface area (TPSA) is 27.7 Å². The second kappa shape index (κ2) is 12.2. The van der Waals surface area contributed by atoms with E-state index in [1.54, 1.807) is 21.3 Å². The summed E-state index contributed by atoms with van der Waals surface area (Å²) in [6.07, 6.45) is 11.3. The molecule has 0 heterocycles. The molecule has 0 aromatic heterocycles. The molecule has 0 saturated heterocycles. The Labute approximate surface area is 125 Å². The molecule has 0 amide bonds. The zero-order valence-electron chi connectivity index (χ0n) is 13.0. The number of rotatable bonds is 13. The maximum absolute atomic E-state index is 6.37. The van der Waals surface area contributed by atoms with Crippen molar-refractivity contribution in [3.05, 3.63) is 0 Å². The van der Waals surface area contributed by atoms with Gasteiger partial charge in [0.15, 0.2) is 0 Å². The maximum atomic E-state index is 6.37. The quantitative estimate of drug-likeness (QED) is 0.284. The first-order valence-corrected chi connectivity index (χ1v) is 9.70. The highest BCUT2D eigenvalue weighted by atomic mass is 35.5. The lowest BCUT2D eigenvalue weighted by molar-refractivity contribution is 0.119. The van der Waals surface area contributed by atoms with E-state index in [0.717, 1.165) is 12.8 Å². The summed E-state index contributed by atoms with van der Waals surface area (Å²) < 4.78 is 16.1. The Morgan fingerprint density at radius 1 is 0.789 bits per heavy atom. The molecule has 0 aliphatic heterocycles. The minimum Gasteiger partial charge on any atom is -0.376 e. The average molecular weight is 311 g/mol.